The summed E-state index contributed by atoms with van der Waals surface area (Å²) in [5.41, 5.74) is 1.26. The third-order valence-corrected chi connectivity index (χ3v) is 4.67. The summed E-state index contributed by atoms with van der Waals surface area (Å²) in [4.78, 5) is 2.24. The molecule has 2 aromatic rings. The molecule has 0 radical (unpaired) electrons. The van der Waals surface area contributed by atoms with E-state index in [1.165, 1.54) is 10.9 Å². The Bertz CT molecular complexity index is 708. The van der Waals surface area contributed by atoms with Crippen molar-refractivity contribution < 1.29 is 8.42 Å². The number of sulfonamides is 1. The highest BCUT2D eigenvalue weighted by Crippen LogP contribution is 2.25. The summed E-state index contributed by atoms with van der Waals surface area (Å²) in [5.74, 6) is 0. The molecule has 6 nitrogen and oxygen atoms in total. The van der Waals surface area contributed by atoms with Crippen molar-refractivity contribution >= 4 is 10.0 Å². The summed E-state index contributed by atoms with van der Waals surface area (Å²) in [6, 6.07) is 9.33. The van der Waals surface area contributed by atoms with Crippen LogP contribution in [0.25, 0.3) is 11.3 Å². The lowest BCUT2D eigenvalue weighted by atomic mass is 10.2. The summed E-state index contributed by atoms with van der Waals surface area (Å²) in [6.45, 7) is 1.24. The average Bonchev–Trinajstić information content (AvgIpc) is 2.87. The zero-order valence-corrected chi connectivity index (χ0v) is 14.0. The van der Waals surface area contributed by atoms with Crippen LogP contribution in [-0.2, 0) is 17.1 Å². The molecule has 0 amide bonds. The fraction of sp³-hybridized carbons (Fsp3) is 0.400. The van der Waals surface area contributed by atoms with Crippen molar-refractivity contribution in [1.29, 1.82) is 0 Å². The number of nitrogens with one attached hydrogen (secondary N) is 1. The van der Waals surface area contributed by atoms with Gasteiger partial charge in [0.25, 0.3) is 0 Å². The SMILES string of the molecule is CN(C)CCCNS(=O)(=O)c1cn(C)nc1-c1ccccc1. The second-order valence-corrected chi connectivity index (χ2v) is 7.17. The predicted molar refractivity (Wildman–Crippen MR) is 87.0 cm³/mol. The molecule has 120 valence electrons. The van der Waals surface area contributed by atoms with Crippen LogP contribution in [0.5, 0.6) is 0 Å². The molecule has 22 heavy (non-hydrogen) atoms. The molecule has 0 saturated heterocycles. The standard InChI is InChI=1S/C15H22N4O2S/c1-18(2)11-7-10-16-22(20,21)14-12-19(3)17-15(14)13-8-5-4-6-9-13/h4-6,8-9,12,16H,7,10-11H2,1-3H3. The minimum Gasteiger partial charge on any atom is -0.309 e. The van der Waals surface area contributed by atoms with Gasteiger partial charge in [-0.15, -0.1) is 0 Å². The van der Waals surface area contributed by atoms with Gasteiger partial charge in [0.05, 0.1) is 0 Å². The molecule has 0 spiro atoms. The Balaban J connectivity index is 2.21. The Morgan fingerprint density at radius 3 is 2.55 bits per heavy atom. The number of nitrogens with zero attached hydrogens (tertiary/aromatic N) is 3. The van der Waals surface area contributed by atoms with Crippen molar-refractivity contribution in [3.8, 4) is 11.3 Å². The highest BCUT2D eigenvalue weighted by atomic mass is 32.2. The van der Waals surface area contributed by atoms with Gasteiger partial charge in [-0.1, -0.05) is 30.3 Å². The van der Waals surface area contributed by atoms with E-state index in [4.69, 9.17) is 0 Å². The largest absolute Gasteiger partial charge is 0.309 e. The van der Waals surface area contributed by atoms with E-state index >= 15 is 0 Å². The van der Waals surface area contributed by atoms with E-state index in [-0.39, 0.29) is 4.90 Å². The maximum absolute atomic E-state index is 12.5. The topological polar surface area (TPSA) is 67.2 Å². The summed E-state index contributed by atoms with van der Waals surface area (Å²) >= 11 is 0. The number of aryl methyl sites for hydroxylation is 1. The van der Waals surface area contributed by atoms with Gasteiger partial charge >= 0.3 is 0 Å². The molecule has 0 unspecified atom stereocenters. The van der Waals surface area contributed by atoms with E-state index in [0.717, 1.165) is 18.5 Å². The van der Waals surface area contributed by atoms with Crippen LogP contribution < -0.4 is 4.72 Å². The first kappa shape index (κ1) is 16.7. The molecule has 0 saturated carbocycles. The summed E-state index contributed by atoms with van der Waals surface area (Å²) in [5, 5.41) is 4.29. The fourth-order valence-electron chi connectivity index (χ4n) is 2.14. The van der Waals surface area contributed by atoms with Gasteiger partial charge in [-0.2, -0.15) is 5.10 Å². The van der Waals surface area contributed by atoms with Crippen molar-refractivity contribution in [3.63, 3.8) is 0 Å². The maximum atomic E-state index is 12.5. The van der Waals surface area contributed by atoms with Gasteiger partial charge in [-0.3, -0.25) is 4.68 Å². The molecular weight excluding hydrogens is 300 g/mol. The van der Waals surface area contributed by atoms with Crippen molar-refractivity contribution in [2.45, 2.75) is 11.3 Å². The normalized spacial score (nSPS) is 12.0. The van der Waals surface area contributed by atoms with Crippen molar-refractivity contribution in [2.75, 3.05) is 27.2 Å². The van der Waals surface area contributed by atoms with Crippen LogP contribution in [-0.4, -0.2) is 50.3 Å². The van der Waals surface area contributed by atoms with Crippen LogP contribution in [0.4, 0.5) is 0 Å². The monoisotopic (exact) mass is 322 g/mol. The van der Waals surface area contributed by atoms with Crippen LogP contribution in [0.2, 0.25) is 0 Å². The molecule has 0 aliphatic carbocycles. The average molecular weight is 322 g/mol. The molecule has 0 atom stereocenters. The number of aromatic nitrogens is 2. The maximum Gasteiger partial charge on any atom is 0.244 e. The van der Waals surface area contributed by atoms with E-state index in [1.54, 1.807) is 7.05 Å². The van der Waals surface area contributed by atoms with Gasteiger partial charge in [0, 0.05) is 25.4 Å². The van der Waals surface area contributed by atoms with Gasteiger partial charge in [-0.05, 0) is 27.1 Å². The van der Waals surface area contributed by atoms with Crippen LogP contribution in [0.1, 0.15) is 6.42 Å². The Morgan fingerprint density at radius 2 is 1.91 bits per heavy atom. The minimum atomic E-state index is -3.57. The highest BCUT2D eigenvalue weighted by Gasteiger charge is 2.22. The smallest absolute Gasteiger partial charge is 0.244 e. The lowest BCUT2D eigenvalue weighted by Gasteiger charge is -2.10. The first-order chi connectivity index (χ1) is 10.4. The first-order valence-corrected chi connectivity index (χ1v) is 8.62. The Kier molecular flexibility index (Phi) is 5.33. The zero-order valence-electron chi connectivity index (χ0n) is 13.2. The minimum absolute atomic E-state index is 0.214. The molecule has 1 heterocycles. The van der Waals surface area contributed by atoms with E-state index in [1.807, 2.05) is 49.3 Å². The molecule has 0 bridgehead atoms. The van der Waals surface area contributed by atoms with E-state index in [2.05, 4.69) is 9.82 Å². The number of hydrogen-bond donors (Lipinski definition) is 1. The third-order valence-electron chi connectivity index (χ3n) is 3.21. The molecule has 0 fully saturated rings. The summed E-state index contributed by atoms with van der Waals surface area (Å²) < 4.78 is 29.2. The van der Waals surface area contributed by atoms with Gasteiger partial charge < -0.3 is 4.90 Å². The zero-order chi connectivity index (χ0) is 16.2. The van der Waals surface area contributed by atoms with Crippen LogP contribution in [0.15, 0.2) is 41.4 Å². The van der Waals surface area contributed by atoms with Gasteiger partial charge in [0.15, 0.2) is 0 Å². The lowest BCUT2D eigenvalue weighted by molar-refractivity contribution is 0.400. The quantitative estimate of drug-likeness (QED) is 0.781. The molecule has 2 rings (SSSR count). The fourth-order valence-corrected chi connectivity index (χ4v) is 3.41. The predicted octanol–water partition coefficient (Wildman–Crippen LogP) is 1.32. The van der Waals surface area contributed by atoms with Crippen LogP contribution >= 0.6 is 0 Å². The Hall–Kier alpha value is -1.70. The number of rotatable bonds is 7. The van der Waals surface area contributed by atoms with Crippen LogP contribution in [0.3, 0.4) is 0 Å². The number of hydrogen-bond acceptors (Lipinski definition) is 4. The first-order valence-electron chi connectivity index (χ1n) is 7.13. The summed E-state index contributed by atoms with van der Waals surface area (Å²) in [7, 11) is 2.07. The second kappa shape index (κ2) is 7.04. The Labute approximate surface area is 131 Å². The molecule has 1 aromatic carbocycles. The van der Waals surface area contributed by atoms with Crippen LogP contribution in [0, 0.1) is 0 Å². The van der Waals surface area contributed by atoms with E-state index in [0.29, 0.717) is 12.2 Å². The Morgan fingerprint density at radius 1 is 1.23 bits per heavy atom. The second-order valence-electron chi connectivity index (χ2n) is 5.44. The van der Waals surface area contributed by atoms with Gasteiger partial charge in [0.1, 0.15) is 10.6 Å². The third kappa shape index (κ3) is 4.16. The van der Waals surface area contributed by atoms with E-state index in [9.17, 15) is 8.42 Å². The molecule has 0 aliphatic heterocycles. The highest BCUT2D eigenvalue weighted by molar-refractivity contribution is 7.89. The number of benzene rings is 1. The summed E-state index contributed by atoms with van der Waals surface area (Å²) in [6.07, 6.45) is 2.30. The van der Waals surface area contributed by atoms with Gasteiger partial charge in [0.2, 0.25) is 10.0 Å². The molecule has 7 heteroatoms. The van der Waals surface area contributed by atoms with Crippen molar-refractivity contribution in [1.82, 2.24) is 19.4 Å². The molecule has 0 aliphatic rings. The molecular formula is C15H22N4O2S. The van der Waals surface area contributed by atoms with Gasteiger partial charge in [-0.25, -0.2) is 13.1 Å². The lowest BCUT2D eigenvalue weighted by Crippen LogP contribution is -2.27. The molecule has 1 aromatic heterocycles. The molecule has 1 N–H and O–H groups in total. The van der Waals surface area contributed by atoms with E-state index < -0.39 is 10.0 Å². The van der Waals surface area contributed by atoms with Crippen molar-refractivity contribution in [3.05, 3.63) is 36.5 Å². The van der Waals surface area contributed by atoms with Crippen molar-refractivity contribution in [2.24, 2.45) is 7.05 Å².